The maximum atomic E-state index is 13.7. The van der Waals surface area contributed by atoms with Gasteiger partial charge >= 0.3 is 33.2 Å². The Morgan fingerprint density at radius 2 is 1.75 bits per heavy atom. The average Bonchev–Trinajstić information content (AvgIpc) is 2.88. The molecule has 4 aliphatic rings. The first kappa shape index (κ1) is 21.2. The molecule has 4 fully saturated rings. The maximum Gasteiger partial charge on any atom is 0.451 e. The fourth-order valence-electron chi connectivity index (χ4n) is 5.11. The van der Waals surface area contributed by atoms with Crippen LogP contribution in [0.1, 0.15) is 32.1 Å². The minimum Gasteiger partial charge on any atom is -0.463 e. The van der Waals surface area contributed by atoms with E-state index in [0.29, 0.717) is 25.2 Å². The summed E-state index contributed by atoms with van der Waals surface area (Å²) < 4.78 is 90.1. The third kappa shape index (κ3) is 3.26. The van der Waals surface area contributed by atoms with Gasteiger partial charge in [0.1, 0.15) is 0 Å². The second kappa shape index (κ2) is 6.26. The number of carbonyl (C=O) groups is 2. The van der Waals surface area contributed by atoms with Crippen LogP contribution in [0.15, 0.2) is 0 Å². The van der Waals surface area contributed by atoms with Crippen LogP contribution in [0.4, 0.5) is 17.6 Å². The third-order valence-corrected chi connectivity index (χ3v) is 7.09. The minimum absolute atomic E-state index is 0.134. The fourth-order valence-corrected chi connectivity index (χ4v) is 5.67. The molecule has 0 saturated heterocycles. The number of ether oxygens (including phenoxy) is 2. The second-order valence-corrected chi connectivity index (χ2v) is 9.49. The normalized spacial score (nSPS) is 36.2. The fraction of sp³-hybridized carbons (Fsp3) is 0.867. The molecule has 0 aromatic rings. The lowest BCUT2D eigenvalue weighted by Gasteiger charge is -2.36. The number of carbonyl (C=O) groups excluding carboxylic acids is 2. The largest absolute Gasteiger partial charge is 0.463 e. The van der Waals surface area contributed by atoms with Crippen molar-refractivity contribution < 1.29 is 54.7 Å². The first-order valence-corrected chi connectivity index (χ1v) is 9.84. The van der Waals surface area contributed by atoms with Crippen molar-refractivity contribution in [3.8, 4) is 0 Å². The Hall–Kier alpha value is -1.47. The first-order valence-electron chi connectivity index (χ1n) is 8.40. The summed E-state index contributed by atoms with van der Waals surface area (Å²) in [5.74, 6) is -3.87. The number of hydrogen-bond donors (Lipinski definition) is 2. The molecule has 0 amide bonds. The molecule has 4 aliphatic carbocycles. The van der Waals surface area contributed by atoms with Crippen molar-refractivity contribution in [3.63, 3.8) is 0 Å². The Morgan fingerprint density at radius 1 is 1.11 bits per heavy atom. The maximum absolute atomic E-state index is 13.7. The Kier molecular flexibility index (Phi) is 4.75. The smallest absolute Gasteiger partial charge is 0.451 e. The van der Waals surface area contributed by atoms with Crippen LogP contribution in [0, 0.1) is 17.3 Å². The van der Waals surface area contributed by atoms with E-state index >= 15 is 0 Å². The molecule has 2 N–H and O–H groups in total. The Morgan fingerprint density at radius 3 is 2.29 bits per heavy atom. The molecule has 4 bridgehead atoms. The van der Waals surface area contributed by atoms with E-state index < -0.39 is 50.9 Å². The molecule has 0 aromatic carbocycles. The molecule has 160 valence electrons. The second-order valence-electron chi connectivity index (χ2n) is 7.98. The number of hydrogen-bond acceptors (Lipinski definition) is 7. The summed E-state index contributed by atoms with van der Waals surface area (Å²) >= 11 is 0. The van der Waals surface area contributed by atoms with Crippen molar-refractivity contribution in [2.24, 2.45) is 17.3 Å². The zero-order valence-corrected chi connectivity index (χ0v) is 15.2. The van der Waals surface area contributed by atoms with Crippen LogP contribution in [0.25, 0.3) is 0 Å². The molecular formula is C15H18F4O8S. The highest BCUT2D eigenvalue weighted by atomic mass is 32.2. The van der Waals surface area contributed by atoms with E-state index in [0.717, 1.165) is 12.8 Å². The highest BCUT2D eigenvalue weighted by Gasteiger charge is 2.73. The van der Waals surface area contributed by atoms with E-state index in [1.165, 1.54) is 0 Å². The van der Waals surface area contributed by atoms with E-state index in [4.69, 9.17) is 9.29 Å². The highest BCUT2D eigenvalue weighted by molar-refractivity contribution is 7.88. The van der Waals surface area contributed by atoms with E-state index in [-0.39, 0.29) is 12.5 Å². The van der Waals surface area contributed by atoms with E-state index in [1.54, 1.807) is 0 Å². The molecule has 0 heterocycles. The molecule has 0 aliphatic heterocycles. The van der Waals surface area contributed by atoms with E-state index in [2.05, 4.69) is 4.74 Å². The monoisotopic (exact) mass is 434 g/mol. The van der Waals surface area contributed by atoms with Crippen LogP contribution >= 0.6 is 0 Å². The highest BCUT2D eigenvalue weighted by Crippen LogP contribution is 2.66. The standard InChI is InChI=1S/C15H18F4O8S/c16-14(15(17,18)19,28(23,24)25)11(21)26-5-10(20)27-7-12-2-8-1-9(12)4-13(22,3-8)6-12/h8-9,22H,1-7H2,(H,23,24,25). The molecule has 8 nitrogen and oxygen atoms in total. The topological polar surface area (TPSA) is 127 Å². The van der Waals surface area contributed by atoms with Gasteiger partial charge in [0.15, 0.2) is 6.61 Å². The van der Waals surface area contributed by atoms with Gasteiger partial charge in [0.05, 0.1) is 12.2 Å². The molecule has 0 aromatic heterocycles. The van der Waals surface area contributed by atoms with Crippen LogP contribution in [0.3, 0.4) is 0 Å². The zero-order valence-electron chi connectivity index (χ0n) is 14.4. The molecule has 5 unspecified atom stereocenters. The molecule has 13 heteroatoms. The minimum atomic E-state index is -6.56. The van der Waals surface area contributed by atoms with Crippen LogP contribution in [-0.4, -0.2) is 60.0 Å². The Balaban J connectivity index is 1.57. The summed E-state index contributed by atoms with van der Waals surface area (Å²) in [7, 11) is -6.56. The number of halogens is 4. The van der Waals surface area contributed by atoms with Gasteiger partial charge in [-0.15, -0.1) is 0 Å². The van der Waals surface area contributed by atoms with Gasteiger partial charge in [0, 0.05) is 5.41 Å². The van der Waals surface area contributed by atoms with Gasteiger partial charge in [-0.05, 0) is 43.9 Å². The van der Waals surface area contributed by atoms with Crippen LogP contribution in [-0.2, 0) is 29.2 Å². The summed E-state index contributed by atoms with van der Waals surface area (Å²) in [5, 5.41) is 4.72. The Labute approximate surface area is 156 Å². The van der Waals surface area contributed by atoms with Gasteiger partial charge in [-0.25, -0.2) is 14.0 Å². The van der Waals surface area contributed by atoms with Gasteiger partial charge in [-0.1, -0.05) is 0 Å². The SMILES string of the molecule is O=C(COC(=O)C(F)(C(F)(F)F)S(=O)(=O)O)OCC12CC3CC1CC(O)(C3)C2. The molecule has 28 heavy (non-hydrogen) atoms. The van der Waals surface area contributed by atoms with Crippen molar-refractivity contribution in [3.05, 3.63) is 0 Å². The van der Waals surface area contributed by atoms with Crippen molar-refractivity contribution in [2.45, 2.75) is 48.9 Å². The number of rotatable bonds is 6. The van der Waals surface area contributed by atoms with Gasteiger partial charge in [-0.2, -0.15) is 21.6 Å². The molecule has 4 saturated carbocycles. The number of esters is 2. The summed E-state index contributed by atoms with van der Waals surface area (Å²) in [5.41, 5.74) is -1.28. The van der Waals surface area contributed by atoms with Crippen LogP contribution in [0.5, 0.6) is 0 Å². The average molecular weight is 434 g/mol. The number of alkyl halides is 4. The molecule has 4 rings (SSSR count). The molecular weight excluding hydrogens is 416 g/mol. The summed E-state index contributed by atoms with van der Waals surface area (Å²) in [6, 6.07) is 0. The lowest BCUT2D eigenvalue weighted by molar-refractivity contribution is -0.216. The van der Waals surface area contributed by atoms with Gasteiger partial charge in [0.2, 0.25) is 0 Å². The van der Waals surface area contributed by atoms with Crippen molar-refractivity contribution in [1.29, 1.82) is 0 Å². The van der Waals surface area contributed by atoms with Gasteiger partial charge in [-0.3, -0.25) is 4.55 Å². The zero-order chi connectivity index (χ0) is 21.2. The Bertz CT molecular complexity index is 798. The summed E-state index contributed by atoms with van der Waals surface area (Å²) in [6.07, 6.45) is -3.07. The van der Waals surface area contributed by atoms with Crippen molar-refractivity contribution in [2.75, 3.05) is 13.2 Å². The first-order chi connectivity index (χ1) is 12.6. The van der Waals surface area contributed by atoms with Gasteiger partial charge < -0.3 is 14.6 Å². The predicted molar refractivity (Wildman–Crippen MR) is 80.8 cm³/mol. The molecule has 5 atom stereocenters. The number of aliphatic hydroxyl groups is 1. The van der Waals surface area contributed by atoms with Gasteiger partial charge in [0.25, 0.3) is 0 Å². The predicted octanol–water partition coefficient (Wildman–Crippen LogP) is 1.13. The molecule has 0 radical (unpaired) electrons. The van der Waals surface area contributed by atoms with Crippen LogP contribution in [0.2, 0.25) is 0 Å². The van der Waals surface area contributed by atoms with E-state index in [9.17, 15) is 40.7 Å². The third-order valence-electron chi connectivity index (χ3n) is 5.98. The lowest BCUT2D eigenvalue weighted by atomic mass is 9.74. The van der Waals surface area contributed by atoms with Crippen LogP contribution < -0.4 is 0 Å². The summed E-state index contributed by atoms with van der Waals surface area (Å²) in [4.78, 5) is 23.0. The van der Waals surface area contributed by atoms with Crippen molar-refractivity contribution in [1.82, 2.24) is 0 Å². The lowest BCUT2D eigenvalue weighted by Crippen LogP contribution is -2.55. The quantitative estimate of drug-likeness (QED) is 0.362. The van der Waals surface area contributed by atoms with E-state index in [1.807, 2.05) is 0 Å². The molecule has 0 spiro atoms. The van der Waals surface area contributed by atoms with Crippen molar-refractivity contribution >= 4 is 22.1 Å². The summed E-state index contributed by atoms with van der Waals surface area (Å²) in [6.45, 7) is -1.62.